The Hall–Kier alpha value is -3.97. The van der Waals surface area contributed by atoms with Gasteiger partial charge in [0.15, 0.2) is 0 Å². The zero-order valence-electron chi connectivity index (χ0n) is 21.0. The fourth-order valence-electron chi connectivity index (χ4n) is 4.47. The van der Waals surface area contributed by atoms with Crippen molar-refractivity contribution in [2.75, 3.05) is 13.2 Å². The number of carbonyl (C=O) groups excluding carboxylic acids is 3. The van der Waals surface area contributed by atoms with Gasteiger partial charge in [-0.05, 0) is 30.0 Å². The average Bonchev–Trinajstić information content (AvgIpc) is 3.64. The van der Waals surface area contributed by atoms with Gasteiger partial charge in [0.2, 0.25) is 11.8 Å². The van der Waals surface area contributed by atoms with Gasteiger partial charge < -0.3 is 15.4 Å². The molecule has 3 aromatic carbocycles. The molecule has 2 amide bonds. The SMILES string of the molecule is CCOC(=O)[C@@H]1[C@@H](C(=O)NC(Cc2ccccc2)C(=O)NCCc2ccccc2)N1Cc1ccccc1. The zero-order valence-corrected chi connectivity index (χ0v) is 21.0. The predicted molar refractivity (Wildman–Crippen MR) is 141 cm³/mol. The Morgan fingerprint density at radius 3 is 1.97 bits per heavy atom. The second-order valence-electron chi connectivity index (χ2n) is 9.08. The van der Waals surface area contributed by atoms with Crippen LogP contribution in [0.5, 0.6) is 0 Å². The molecule has 1 heterocycles. The Morgan fingerprint density at radius 1 is 0.811 bits per heavy atom. The van der Waals surface area contributed by atoms with Gasteiger partial charge in [0.1, 0.15) is 18.1 Å². The molecule has 192 valence electrons. The lowest BCUT2D eigenvalue weighted by Gasteiger charge is -2.19. The monoisotopic (exact) mass is 499 g/mol. The molecule has 1 aliphatic heterocycles. The third kappa shape index (κ3) is 7.27. The minimum Gasteiger partial charge on any atom is -0.465 e. The lowest BCUT2D eigenvalue weighted by molar-refractivity contribution is -0.143. The summed E-state index contributed by atoms with van der Waals surface area (Å²) >= 11 is 0. The van der Waals surface area contributed by atoms with Crippen molar-refractivity contribution in [1.82, 2.24) is 15.5 Å². The molecular formula is C30H33N3O4. The quantitative estimate of drug-likeness (QED) is 0.296. The van der Waals surface area contributed by atoms with Gasteiger partial charge in [-0.3, -0.25) is 19.3 Å². The van der Waals surface area contributed by atoms with Crippen molar-refractivity contribution in [2.45, 2.75) is 44.4 Å². The van der Waals surface area contributed by atoms with E-state index in [1.807, 2.05) is 91.0 Å². The first-order valence-corrected chi connectivity index (χ1v) is 12.7. The fourth-order valence-corrected chi connectivity index (χ4v) is 4.47. The Bertz CT molecular complexity index is 1170. The second-order valence-corrected chi connectivity index (χ2v) is 9.08. The number of nitrogens with one attached hydrogen (secondary N) is 2. The molecule has 7 nitrogen and oxygen atoms in total. The summed E-state index contributed by atoms with van der Waals surface area (Å²) in [6, 6.07) is 27.0. The molecule has 0 aromatic heterocycles. The summed E-state index contributed by atoms with van der Waals surface area (Å²) in [5, 5.41) is 5.88. The van der Waals surface area contributed by atoms with Gasteiger partial charge in [0.05, 0.1) is 6.61 Å². The molecule has 0 bridgehead atoms. The molecule has 1 saturated heterocycles. The van der Waals surface area contributed by atoms with Gasteiger partial charge in [-0.15, -0.1) is 0 Å². The summed E-state index contributed by atoms with van der Waals surface area (Å²) in [5.41, 5.74) is 3.05. The number of ether oxygens (including phenoxy) is 1. The average molecular weight is 500 g/mol. The molecule has 0 aliphatic carbocycles. The highest BCUT2D eigenvalue weighted by Gasteiger charge is 2.58. The number of hydrogen-bond acceptors (Lipinski definition) is 5. The molecule has 2 N–H and O–H groups in total. The van der Waals surface area contributed by atoms with Gasteiger partial charge >= 0.3 is 5.97 Å². The molecule has 7 heteroatoms. The van der Waals surface area contributed by atoms with E-state index in [2.05, 4.69) is 10.6 Å². The van der Waals surface area contributed by atoms with Crippen molar-refractivity contribution in [2.24, 2.45) is 0 Å². The molecule has 4 rings (SSSR count). The lowest BCUT2D eigenvalue weighted by atomic mass is 10.0. The highest BCUT2D eigenvalue weighted by molar-refractivity contribution is 5.97. The van der Waals surface area contributed by atoms with Crippen LogP contribution in [0, 0.1) is 0 Å². The van der Waals surface area contributed by atoms with Gasteiger partial charge in [-0.2, -0.15) is 0 Å². The van der Waals surface area contributed by atoms with E-state index in [0.29, 0.717) is 25.9 Å². The number of rotatable bonds is 12. The van der Waals surface area contributed by atoms with E-state index in [9.17, 15) is 14.4 Å². The van der Waals surface area contributed by atoms with Crippen molar-refractivity contribution < 1.29 is 19.1 Å². The molecule has 1 fully saturated rings. The topological polar surface area (TPSA) is 87.5 Å². The first-order chi connectivity index (χ1) is 18.1. The Kier molecular flexibility index (Phi) is 9.05. The van der Waals surface area contributed by atoms with E-state index in [-0.39, 0.29) is 18.4 Å². The van der Waals surface area contributed by atoms with E-state index in [0.717, 1.165) is 16.7 Å². The van der Waals surface area contributed by atoms with Crippen LogP contribution in [0.4, 0.5) is 0 Å². The number of carbonyl (C=O) groups is 3. The molecule has 37 heavy (non-hydrogen) atoms. The molecule has 4 atom stereocenters. The molecule has 2 unspecified atom stereocenters. The summed E-state index contributed by atoms with van der Waals surface area (Å²) in [6.45, 7) is 2.88. The zero-order chi connectivity index (χ0) is 26.0. The van der Waals surface area contributed by atoms with E-state index in [1.54, 1.807) is 11.8 Å². The van der Waals surface area contributed by atoms with Crippen LogP contribution < -0.4 is 10.6 Å². The van der Waals surface area contributed by atoms with Crippen molar-refractivity contribution in [3.8, 4) is 0 Å². The van der Waals surface area contributed by atoms with Crippen LogP contribution in [-0.2, 0) is 38.5 Å². The maximum absolute atomic E-state index is 13.4. The first kappa shape index (κ1) is 26.1. The van der Waals surface area contributed by atoms with Crippen molar-refractivity contribution in [1.29, 1.82) is 0 Å². The largest absolute Gasteiger partial charge is 0.465 e. The first-order valence-electron chi connectivity index (χ1n) is 12.7. The van der Waals surface area contributed by atoms with Crippen LogP contribution in [0.2, 0.25) is 0 Å². The van der Waals surface area contributed by atoms with E-state index in [1.165, 1.54) is 0 Å². The number of hydrogen-bond donors (Lipinski definition) is 2. The van der Waals surface area contributed by atoms with Crippen LogP contribution in [-0.4, -0.2) is 54.0 Å². The van der Waals surface area contributed by atoms with Crippen molar-refractivity contribution in [3.05, 3.63) is 108 Å². The van der Waals surface area contributed by atoms with Crippen LogP contribution in [0.15, 0.2) is 91.0 Å². The Morgan fingerprint density at radius 2 is 1.38 bits per heavy atom. The van der Waals surface area contributed by atoms with Gasteiger partial charge in [-0.1, -0.05) is 91.0 Å². The van der Waals surface area contributed by atoms with Crippen molar-refractivity contribution >= 4 is 17.8 Å². The summed E-state index contributed by atoms with van der Waals surface area (Å²) in [6.07, 6.45) is 1.04. The van der Waals surface area contributed by atoms with Gasteiger partial charge in [0.25, 0.3) is 0 Å². The minimum absolute atomic E-state index is 0.239. The van der Waals surface area contributed by atoms with Crippen LogP contribution in [0.1, 0.15) is 23.6 Å². The number of esters is 1. The summed E-state index contributed by atoms with van der Waals surface area (Å²) in [7, 11) is 0. The van der Waals surface area contributed by atoms with Crippen molar-refractivity contribution in [3.63, 3.8) is 0 Å². The molecule has 0 saturated carbocycles. The van der Waals surface area contributed by atoms with E-state index in [4.69, 9.17) is 4.74 Å². The molecule has 1 aliphatic rings. The maximum Gasteiger partial charge on any atom is 0.325 e. The fraction of sp³-hybridized carbons (Fsp3) is 0.300. The number of nitrogens with zero attached hydrogens (tertiary/aromatic N) is 1. The van der Waals surface area contributed by atoms with Gasteiger partial charge in [0, 0.05) is 19.5 Å². The normalized spacial score (nSPS) is 18.9. The third-order valence-electron chi connectivity index (χ3n) is 6.40. The molecule has 3 aromatic rings. The van der Waals surface area contributed by atoms with E-state index >= 15 is 0 Å². The Labute approximate surface area is 217 Å². The standard InChI is InChI=1S/C30H33N3O4/c1-2-37-30(36)27-26(33(27)21-24-16-10-5-11-17-24)29(35)32-25(20-23-14-8-4-9-15-23)28(34)31-19-18-22-12-6-3-7-13-22/h3-17,25-27H,2,18-21H2,1H3,(H,31,34)(H,32,35)/t25?,26-,27-,33?/m0/s1. The third-order valence-corrected chi connectivity index (χ3v) is 6.40. The molecule has 0 spiro atoms. The predicted octanol–water partition coefficient (Wildman–Crippen LogP) is 2.89. The summed E-state index contributed by atoms with van der Waals surface area (Å²) in [5.74, 6) is -1.03. The highest BCUT2D eigenvalue weighted by Crippen LogP contribution is 2.32. The van der Waals surface area contributed by atoms with Crippen LogP contribution >= 0.6 is 0 Å². The van der Waals surface area contributed by atoms with Crippen LogP contribution in [0.25, 0.3) is 0 Å². The van der Waals surface area contributed by atoms with Gasteiger partial charge in [-0.25, -0.2) is 0 Å². The summed E-state index contributed by atoms with van der Waals surface area (Å²) < 4.78 is 5.22. The number of amides is 2. The minimum atomic E-state index is -0.771. The number of benzene rings is 3. The highest BCUT2D eigenvalue weighted by atomic mass is 16.5. The lowest BCUT2D eigenvalue weighted by Crippen LogP contribution is -2.50. The summed E-state index contributed by atoms with van der Waals surface area (Å²) in [4.78, 5) is 40.9. The molecule has 0 radical (unpaired) electrons. The van der Waals surface area contributed by atoms with Crippen LogP contribution in [0.3, 0.4) is 0 Å². The molecular weight excluding hydrogens is 466 g/mol. The Balaban J connectivity index is 1.44. The maximum atomic E-state index is 13.4. The second kappa shape index (κ2) is 12.8. The van der Waals surface area contributed by atoms with E-state index < -0.39 is 24.1 Å². The smallest absolute Gasteiger partial charge is 0.325 e.